The Labute approximate surface area is 100 Å². The Morgan fingerprint density at radius 3 is 1.93 bits per heavy atom. The number of carbonyl (C=O) groups excluding carboxylic acids is 1. The van der Waals surface area contributed by atoms with Crippen LogP contribution >= 0.6 is 23.2 Å². The van der Waals surface area contributed by atoms with Crippen molar-refractivity contribution in [1.29, 1.82) is 0 Å². The Morgan fingerprint density at radius 1 is 1.20 bits per heavy atom. The summed E-state index contributed by atoms with van der Waals surface area (Å²) in [7, 11) is 1.31. The molecule has 4 heteroatoms. The number of halogens is 2. The van der Waals surface area contributed by atoms with E-state index in [-0.39, 0.29) is 0 Å². The highest BCUT2D eigenvalue weighted by molar-refractivity contribution is 6.36. The van der Waals surface area contributed by atoms with Gasteiger partial charge in [-0.05, 0) is 24.6 Å². The maximum atomic E-state index is 11.1. The van der Waals surface area contributed by atoms with Gasteiger partial charge in [-0.15, -0.1) is 0 Å². The molecule has 0 atom stereocenters. The number of esters is 1. The molecule has 0 fully saturated rings. The van der Waals surface area contributed by atoms with Crippen molar-refractivity contribution >= 4 is 29.2 Å². The first-order valence-corrected chi connectivity index (χ1v) is 5.36. The molecule has 0 aromatic heterocycles. The lowest BCUT2D eigenvalue weighted by atomic mass is 10.1. The normalized spacial score (nSPS) is 8.93. The lowest BCUT2D eigenvalue weighted by molar-refractivity contribution is 0.0600. The summed E-state index contributed by atoms with van der Waals surface area (Å²) >= 11 is 11.7. The van der Waals surface area contributed by atoms with Crippen LogP contribution in [0.4, 0.5) is 0 Å². The number of carbonyl (C=O) groups is 1. The zero-order valence-corrected chi connectivity index (χ0v) is 10.7. The van der Waals surface area contributed by atoms with Gasteiger partial charge in [-0.1, -0.05) is 37.0 Å². The maximum absolute atomic E-state index is 11.1. The highest BCUT2D eigenvalue weighted by Crippen LogP contribution is 2.25. The van der Waals surface area contributed by atoms with E-state index in [1.807, 2.05) is 13.8 Å². The summed E-state index contributed by atoms with van der Waals surface area (Å²) in [4.78, 5) is 11.1. The first kappa shape index (κ1) is 14.3. The second-order valence-corrected chi connectivity index (χ2v) is 3.37. The molecule has 0 aliphatic carbocycles. The summed E-state index contributed by atoms with van der Waals surface area (Å²) in [6.07, 6.45) is 0. The van der Waals surface area contributed by atoms with E-state index in [0.717, 1.165) is 5.56 Å². The van der Waals surface area contributed by atoms with E-state index in [2.05, 4.69) is 4.74 Å². The summed E-state index contributed by atoms with van der Waals surface area (Å²) in [5.74, 6) is -0.441. The molecule has 0 saturated carbocycles. The van der Waals surface area contributed by atoms with Crippen molar-refractivity contribution in [2.24, 2.45) is 0 Å². The summed E-state index contributed by atoms with van der Waals surface area (Å²) in [6.45, 7) is 5.78. The molecule has 0 N–H and O–H groups in total. The first-order valence-electron chi connectivity index (χ1n) is 4.60. The molecule has 0 aliphatic rings. The molecule has 0 bridgehead atoms. The van der Waals surface area contributed by atoms with Crippen LogP contribution in [-0.2, 0) is 4.74 Å². The summed E-state index contributed by atoms with van der Waals surface area (Å²) in [5, 5.41) is 0.931. The highest BCUT2D eigenvalue weighted by atomic mass is 35.5. The SMILES string of the molecule is CC.COC(=O)c1cc(Cl)c(C)c(Cl)c1. The number of hydrogen-bond donors (Lipinski definition) is 0. The zero-order chi connectivity index (χ0) is 12.0. The fourth-order valence-electron chi connectivity index (χ4n) is 0.881. The van der Waals surface area contributed by atoms with E-state index in [9.17, 15) is 4.79 Å². The predicted molar refractivity (Wildman–Crippen MR) is 63.9 cm³/mol. The molecule has 0 aliphatic heterocycles. The van der Waals surface area contributed by atoms with Gasteiger partial charge in [-0.2, -0.15) is 0 Å². The summed E-state index contributed by atoms with van der Waals surface area (Å²) in [5.41, 5.74) is 1.12. The lowest BCUT2D eigenvalue weighted by Crippen LogP contribution is -2.01. The molecule has 15 heavy (non-hydrogen) atoms. The van der Waals surface area contributed by atoms with E-state index >= 15 is 0 Å². The summed E-state index contributed by atoms with van der Waals surface area (Å²) < 4.78 is 4.53. The van der Waals surface area contributed by atoms with Crippen molar-refractivity contribution in [3.05, 3.63) is 33.3 Å². The van der Waals surface area contributed by atoms with Gasteiger partial charge in [0.2, 0.25) is 0 Å². The van der Waals surface area contributed by atoms with Gasteiger partial charge in [-0.3, -0.25) is 0 Å². The smallest absolute Gasteiger partial charge is 0.337 e. The number of rotatable bonds is 1. The Balaban J connectivity index is 0.000000921. The first-order chi connectivity index (χ1) is 7.06. The van der Waals surface area contributed by atoms with E-state index in [0.29, 0.717) is 15.6 Å². The molecule has 0 spiro atoms. The van der Waals surface area contributed by atoms with Crippen molar-refractivity contribution in [3.8, 4) is 0 Å². The van der Waals surface area contributed by atoms with Gasteiger partial charge in [0.05, 0.1) is 12.7 Å². The topological polar surface area (TPSA) is 26.3 Å². The average Bonchev–Trinajstić information content (AvgIpc) is 2.26. The van der Waals surface area contributed by atoms with Gasteiger partial charge in [0, 0.05) is 10.0 Å². The van der Waals surface area contributed by atoms with Gasteiger partial charge in [-0.25, -0.2) is 4.79 Å². The van der Waals surface area contributed by atoms with Gasteiger partial charge < -0.3 is 4.74 Å². The third-order valence-electron chi connectivity index (χ3n) is 1.70. The fraction of sp³-hybridized carbons (Fsp3) is 0.364. The molecule has 0 radical (unpaired) electrons. The van der Waals surface area contributed by atoms with Crippen LogP contribution in [0, 0.1) is 6.92 Å². The molecule has 1 rings (SSSR count). The largest absolute Gasteiger partial charge is 0.465 e. The van der Waals surface area contributed by atoms with Crippen LogP contribution in [0.5, 0.6) is 0 Å². The van der Waals surface area contributed by atoms with Crippen LogP contribution in [0.15, 0.2) is 12.1 Å². The van der Waals surface area contributed by atoms with Crippen LogP contribution in [0.3, 0.4) is 0 Å². The molecule has 84 valence electrons. The van der Waals surface area contributed by atoms with Gasteiger partial charge in [0.25, 0.3) is 0 Å². The minimum Gasteiger partial charge on any atom is -0.465 e. The van der Waals surface area contributed by atoms with Gasteiger partial charge in [0.15, 0.2) is 0 Å². The van der Waals surface area contributed by atoms with E-state index in [1.54, 1.807) is 6.92 Å². The van der Waals surface area contributed by atoms with Crippen molar-refractivity contribution in [2.45, 2.75) is 20.8 Å². The van der Waals surface area contributed by atoms with Crippen LogP contribution in [0.1, 0.15) is 29.8 Å². The van der Waals surface area contributed by atoms with Crippen molar-refractivity contribution in [3.63, 3.8) is 0 Å². The van der Waals surface area contributed by atoms with E-state index in [4.69, 9.17) is 23.2 Å². The number of hydrogen-bond acceptors (Lipinski definition) is 2. The van der Waals surface area contributed by atoms with Crippen LogP contribution in [0.25, 0.3) is 0 Å². The van der Waals surface area contributed by atoms with Crippen molar-refractivity contribution < 1.29 is 9.53 Å². The Morgan fingerprint density at radius 2 is 1.60 bits per heavy atom. The molecular weight excluding hydrogens is 235 g/mol. The monoisotopic (exact) mass is 248 g/mol. The molecular formula is C11H14Cl2O2. The number of methoxy groups -OCH3 is 1. The molecule has 0 unspecified atom stereocenters. The van der Waals surface area contributed by atoms with Gasteiger partial charge >= 0.3 is 5.97 Å². The highest BCUT2D eigenvalue weighted by Gasteiger charge is 2.10. The summed E-state index contributed by atoms with van der Waals surface area (Å²) in [6, 6.07) is 3.07. The lowest BCUT2D eigenvalue weighted by Gasteiger charge is -2.04. The second-order valence-electron chi connectivity index (χ2n) is 2.56. The number of ether oxygens (including phenoxy) is 1. The van der Waals surface area contributed by atoms with Crippen molar-refractivity contribution in [2.75, 3.05) is 7.11 Å². The van der Waals surface area contributed by atoms with E-state index < -0.39 is 5.97 Å². The minimum atomic E-state index is -0.441. The maximum Gasteiger partial charge on any atom is 0.337 e. The molecule has 0 saturated heterocycles. The second kappa shape index (κ2) is 6.70. The molecule has 1 aromatic carbocycles. The molecule has 0 heterocycles. The standard InChI is InChI=1S/C9H8Cl2O2.C2H6/c1-5-7(10)3-6(4-8(5)11)9(12)13-2;1-2/h3-4H,1-2H3;1-2H3. The third-order valence-corrected chi connectivity index (χ3v) is 2.49. The fourth-order valence-corrected chi connectivity index (χ4v) is 1.37. The number of benzene rings is 1. The Bertz CT molecular complexity index is 325. The van der Waals surface area contributed by atoms with E-state index in [1.165, 1.54) is 19.2 Å². The quantitative estimate of drug-likeness (QED) is 0.700. The predicted octanol–water partition coefficient (Wildman–Crippen LogP) is 4.11. The Hall–Kier alpha value is -0.730. The average molecular weight is 249 g/mol. The van der Waals surface area contributed by atoms with Crippen LogP contribution < -0.4 is 0 Å². The molecule has 0 amide bonds. The Kier molecular flexibility index (Phi) is 6.37. The van der Waals surface area contributed by atoms with Crippen LogP contribution in [0.2, 0.25) is 10.0 Å². The third kappa shape index (κ3) is 3.73. The van der Waals surface area contributed by atoms with Gasteiger partial charge in [0.1, 0.15) is 0 Å². The molecule has 1 aromatic rings. The zero-order valence-electron chi connectivity index (χ0n) is 9.23. The van der Waals surface area contributed by atoms with Crippen LogP contribution in [-0.4, -0.2) is 13.1 Å². The minimum absolute atomic E-state index is 0.364. The van der Waals surface area contributed by atoms with Crippen molar-refractivity contribution in [1.82, 2.24) is 0 Å². The molecule has 2 nitrogen and oxygen atoms in total.